The number of rotatable bonds is 14. The fourth-order valence-electron chi connectivity index (χ4n) is 3.37. The van der Waals surface area contributed by atoms with Crippen molar-refractivity contribution in [1.29, 1.82) is 0 Å². The second-order valence-corrected chi connectivity index (χ2v) is 9.94. The summed E-state index contributed by atoms with van der Waals surface area (Å²) in [6.07, 6.45) is 7.23. The third-order valence-electron chi connectivity index (χ3n) is 5.26. The van der Waals surface area contributed by atoms with Gasteiger partial charge in [0.1, 0.15) is 6.54 Å². The largest absolute Gasteiger partial charge is 0.465 e. The van der Waals surface area contributed by atoms with Crippen molar-refractivity contribution in [2.75, 3.05) is 25.4 Å². The maximum Gasteiger partial charge on any atom is 0.324 e. The van der Waals surface area contributed by atoms with Gasteiger partial charge in [-0.2, -0.15) is 0 Å². The standard InChI is InChI=1S/C20H31N3O6S/c1-2-6-17(16-11-19(29-14-16)28-13-15-7-8-15)22-30(26,27)10-5-3-4-9-23-12-18(24)21-20(23)25/h11,14-15,17,22H,2-10,12-13H2,1H3,(H,21,24,25)/t17-/m1/s1. The van der Waals surface area contributed by atoms with Gasteiger partial charge >= 0.3 is 6.03 Å². The highest BCUT2D eigenvalue weighted by Crippen LogP contribution is 2.31. The Balaban J connectivity index is 1.42. The van der Waals surface area contributed by atoms with Crippen molar-refractivity contribution >= 4 is 22.0 Å². The molecule has 1 aliphatic carbocycles. The van der Waals surface area contributed by atoms with E-state index >= 15 is 0 Å². The number of carbonyl (C=O) groups excluding carboxylic acids is 2. The molecule has 0 unspecified atom stereocenters. The molecule has 0 aromatic carbocycles. The summed E-state index contributed by atoms with van der Waals surface area (Å²) in [6.45, 7) is 3.17. The Kier molecular flexibility index (Phi) is 7.76. The lowest BCUT2D eigenvalue weighted by atomic mass is 10.1. The molecule has 168 valence electrons. The van der Waals surface area contributed by atoms with Gasteiger partial charge in [0.15, 0.2) is 0 Å². The number of nitrogens with zero attached hydrogens (tertiary/aromatic N) is 1. The lowest BCUT2D eigenvalue weighted by molar-refractivity contribution is -0.118. The molecule has 2 N–H and O–H groups in total. The molecule has 0 spiro atoms. The SMILES string of the molecule is CCC[C@@H](NS(=O)(=O)CCCCCN1CC(=O)NC1=O)c1coc(OCC2CC2)c1. The zero-order valence-corrected chi connectivity index (χ0v) is 18.2. The molecule has 3 rings (SSSR count). The third-order valence-corrected chi connectivity index (χ3v) is 6.73. The number of unbranched alkanes of at least 4 members (excludes halogenated alkanes) is 2. The summed E-state index contributed by atoms with van der Waals surface area (Å²) in [4.78, 5) is 24.1. The molecule has 1 atom stereocenters. The highest BCUT2D eigenvalue weighted by atomic mass is 32.2. The number of sulfonamides is 1. The van der Waals surface area contributed by atoms with Crippen molar-refractivity contribution in [2.45, 2.75) is 57.9 Å². The van der Waals surface area contributed by atoms with Gasteiger partial charge in [0, 0.05) is 24.2 Å². The van der Waals surface area contributed by atoms with Crippen molar-refractivity contribution in [3.05, 3.63) is 17.9 Å². The first kappa shape index (κ1) is 22.6. The third kappa shape index (κ3) is 7.02. The Morgan fingerprint density at radius 3 is 2.77 bits per heavy atom. The molecule has 1 aromatic rings. The molecule has 30 heavy (non-hydrogen) atoms. The van der Waals surface area contributed by atoms with E-state index in [4.69, 9.17) is 9.15 Å². The van der Waals surface area contributed by atoms with Crippen LogP contribution >= 0.6 is 0 Å². The van der Waals surface area contributed by atoms with Crippen LogP contribution in [0.4, 0.5) is 4.79 Å². The number of ether oxygens (including phenoxy) is 1. The lowest BCUT2D eigenvalue weighted by Gasteiger charge is -2.17. The Morgan fingerprint density at radius 1 is 1.30 bits per heavy atom. The number of amides is 3. The zero-order chi connectivity index (χ0) is 21.6. The molecule has 1 aliphatic heterocycles. The molecule has 0 radical (unpaired) electrons. The predicted octanol–water partition coefficient (Wildman–Crippen LogP) is 2.55. The molecule has 10 heteroatoms. The van der Waals surface area contributed by atoms with Gasteiger partial charge in [-0.15, -0.1) is 0 Å². The Morgan fingerprint density at radius 2 is 2.10 bits per heavy atom. The van der Waals surface area contributed by atoms with E-state index in [2.05, 4.69) is 10.0 Å². The van der Waals surface area contributed by atoms with E-state index in [1.165, 1.54) is 17.7 Å². The Hall–Kier alpha value is -2.07. The van der Waals surface area contributed by atoms with Crippen molar-refractivity contribution in [1.82, 2.24) is 14.9 Å². The van der Waals surface area contributed by atoms with Crippen LogP contribution in [0.3, 0.4) is 0 Å². The van der Waals surface area contributed by atoms with Gasteiger partial charge in [-0.3, -0.25) is 10.1 Å². The van der Waals surface area contributed by atoms with Crippen LogP contribution in [0, 0.1) is 5.92 Å². The topological polar surface area (TPSA) is 118 Å². The smallest absolute Gasteiger partial charge is 0.324 e. The minimum Gasteiger partial charge on any atom is -0.465 e. The number of furan rings is 1. The minimum absolute atomic E-state index is 0.0151. The van der Waals surface area contributed by atoms with Crippen LogP contribution < -0.4 is 14.8 Å². The zero-order valence-electron chi connectivity index (χ0n) is 17.4. The summed E-state index contributed by atoms with van der Waals surface area (Å²) in [7, 11) is -3.46. The first-order valence-electron chi connectivity index (χ1n) is 10.7. The van der Waals surface area contributed by atoms with Crippen LogP contribution in [-0.4, -0.2) is 50.7 Å². The highest BCUT2D eigenvalue weighted by molar-refractivity contribution is 7.89. The first-order chi connectivity index (χ1) is 14.4. The van der Waals surface area contributed by atoms with E-state index in [1.54, 1.807) is 12.3 Å². The summed E-state index contributed by atoms with van der Waals surface area (Å²) in [6, 6.07) is 1.05. The summed E-state index contributed by atoms with van der Waals surface area (Å²) in [5.41, 5.74) is 0.774. The van der Waals surface area contributed by atoms with Gasteiger partial charge in [0.25, 0.3) is 5.95 Å². The monoisotopic (exact) mass is 441 g/mol. The average molecular weight is 442 g/mol. The molecule has 1 aromatic heterocycles. The number of hydrogen-bond donors (Lipinski definition) is 2. The number of hydrogen-bond acceptors (Lipinski definition) is 6. The predicted molar refractivity (Wildman–Crippen MR) is 110 cm³/mol. The van der Waals surface area contributed by atoms with Crippen LogP contribution in [0.15, 0.2) is 16.7 Å². The number of nitrogens with one attached hydrogen (secondary N) is 2. The van der Waals surface area contributed by atoms with Gasteiger partial charge in [0.05, 0.1) is 18.6 Å². The second-order valence-electron chi connectivity index (χ2n) is 8.07. The van der Waals surface area contributed by atoms with Crippen molar-refractivity contribution in [2.24, 2.45) is 5.92 Å². The number of carbonyl (C=O) groups is 2. The molecule has 1 saturated carbocycles. The molecular weight excluding hydrogens is 410 g/mol. The summed E-state index contributed by atoms with van der Waals surface area (Å²) < 4.78 is 38.9. The Bertz CT molecular complexity index is 833. The van der Waals surface area contributed by atoms with Crippen LogP contribution in [0.25, 0.3) is 0 Å². The van der Waals surface area contributed by atoms with E-state index in [9.17, 15) is 18.0 Å². The fourth-order valence-corrected chi connectivity index (χ4v) is 4.76. The highest BCUT2D eigenvalue weighted by Gasteiger charge is 2.26. The number of urea groups is 1. The van der Waals surface area contributed by atoms with E-state index in [-0.39, 0.29) is 30.3 Å². The quantitative estimate of drug-likeness (QED) is 0.338. The van der Waals surface area contributed by atoms with Gasteiger partial charge in [-0.25, -0.2) is 17.9 Å². The molecule has 1 saturated heterocycles. The summed E-state index contributed by atoms with van der Waals surface area (Å²) >= 11 is 0. The molecule has 2 aliphatic rings. The van der Waals surface area contributed by atoms with Gasteiger partial charge in [-0.1, -0.05) is 19.8 Å². The van der Waals surface area contributed by atoms with Crippen molar-refractivity contribution in [3.63, 3.8) is 0 Å². The summed E-state index contributed by atoms with van der Waals surface area (Å²) in [5.74, 6) is 0.765. The van der Waals surface area contributed by atoms with Gasteiger partial charge in [0.2, 0.25) is 15.9 Å². The molecule has 0 bridgehead atoms. The maximum atomic E-state index is 12.5. The fraction of sp³-hybridized carbons (Fsp3) is 0.700. The van der Waals surface area contributed by atoms with Gasteiger partial charge in [-0.05, 0) is 38.0 Å². The van der Waals surface area contributed by atoms with Crippen LogP contribution in [-0.2, 0) is 14.8 Å². The Labute approximate surface area is 177 Å². The van der Waals surface area contributed by atoms with Gasteiger partial charge < -0.3 is 14.1 Å². The lowest BCUT2D eigenvalue weighted by Crippen LogP contribution is -2.31. The van der Waals surface area contributed by atoms with Crippen molar-refractivity contribution in [3.8, 4) is 5.95 Å². The second kappa shape index (κ2) is 10.3. The maximum absolute atomic E-state index is 12.5. The van der Waals surface area contributed by atoms with E-state index in [0.29, 0.717) is 50.7 Å². The molecular formula is C20H31N3O6S. The number of imide groups is 1. The normalized spacial score (nSPS) is 18.0. The van der Waals surface area contributed by atoms with Crippen LogP contribution in [0.5, 0.6) is 5.95 Å². The van der Waals surface area contributed by atoms with E-state index < -0.39 is 10.0 Å². The first-order valence-corrected chi connectivity index (χ1v) is 12.3. The van der Waals surface area contributed by atoms with E-state index in [0.717, 1.165) is 12.0 Å². The summed E-state index contributed by atoms with van der Waals surface area (Å²) in [5, 5.41) is 2.22. The molecule has 9 nitrogen and oxygen atoms in total. The van der Waals surface area contributed by atoms with Crippen LogP contribution in [0.2, 0.25) is 0 Å². The average Bonchev–Trinajstić information content (AvgIpc) is 3.29. The van der Waals surface area contributed by atoms with E-state index in [1.807, 2.05) is 6.92 Å². The molecule has 3 amide bonds. The minimum atomic E-state index is -3.46. The van der Waals surface area contributed by atoms with Crippen molar-refractivity contribution < 1.29 is 27.2 Å². The molecule has 2 heterocycles. The molecule has 2 fully saturated rings. The van der Waals surface area contributed by atoms with Crippen LogP contribution in [0.1, 0.15) is 63.5 Å².